The summed E-state index contributed by atoms with van der Waals surface area (Å²) in [6, 6.07) is 10.1. The van der Waals surface area contributed by atoms with Crippen LogP contribution < -0.4 is 16.0 Å². The van der Waals surface area contributed by atoms with Gasteiger partial charge in [-0.2, -0.15) is 5.10 Å². The molecule has 3 N–H and O–H groups in total. The summed E-state index contributed by atoms with van der Waals surface area (Å²) < 4.78 is 1.54. The van der Waals surface area contributed by atoms with Gasteiger partial charge in [0.2, 0.25) is 0 Å². The van der Waals surface area contributed by atoms with E-state index >= 15 is 0 Å². The van der Waals surface area contributed by atoms with Gasteiger partial charge in [-0.05, 0) is 18.6 Å². The van der Waals surface area contributed by atoms with E-state index in [9.17, 15) is 4.79 Å². The number of para-hydroxylation sites is 1. The fourth-order valence-electron chi connectivity index (χ4n) is 2.10. The molecule has 0 aliphatic heterocycles. The van der Waals surface area contributed by atoms with Gasteiger partial charge >= 0.3 is 0 Å². The van der Waals surface area contributed by atoms with Crippen molar-refractivity contribution in [2.24, 2.45) is 7.05 Å². The summed E-state index contributed by atoms with van der Waals surface area (Å²) >= 11 is 0. The van der Waals surface area contributed by atoms with Gasteiger partial charge in [-0.3, -0.25) is 9.48 Å². The predicted octanol–water partition coefficient (Wildman–Crippen LogP) is 1.26. The Morgan fingerprint density at radius 1 is 1.38 bits per heavy atom. The highest BCUT2D eigenvalue weighted by atomic mass is 16.1. The van der Waals surface area contributed by atoms with Crippen molar-refractivity contribution in [1.82, 2.24) is 15.1 Å². The molecule has 2 aromatic rings. The summed E-state index contributed by atoms with van der Waals surface area (Å²) in [6.45, 7) is 1.45. The molecule has 1 aromatic heterocycles. The number of hydrogen-bond donors (Lipinski definition) is 2. The van der Waals surface area contributed by atoms with Crippen molar-refractivity contribution < 1.29 is 4.79 Å². The maximum absolute atomic E-state index is 11.9. The van der Waals surface area contributed by atoms with E-state index in [0.29, 0.717) is 12.2 Å². The number of hydrogen-bond acceptors (Lipinski definition) is 4. The molecular weight excluding hydrogens is 266 g/mol. The van der Waals surface area contributed by atoms with E-state index in [1.165, 1.54) is 4.68 Å². The van der Waals surface area contributed by atoms with Crippen molar-refractivity contribution in [3.63, 3.8) is 0 Å². The Labute approximate surface area is 124 Å². The molecule has 0 unspecified atom stereocenters. The number of carbonyl (C=O) groups is 1. The lowest BCUT2D eigenvalue weighted by Crippen LogP contribution is -2.29. The zero-order valence-electron chi connectivity index (χ0n) is 12.4. The van der Waals surface area contributed by atoms with E-state index in [1.807, 2.05) is 25.2 Å². The first-order valence-corrected chi connectivity index (χ1v) is 6.91. The molecule has 6 heteroatoms. The fourth-order valence-corrected chi connectivity index (χ4v) is 2.10. The molecule has 112 valence electrons. The van der Waals surface area contributed by atoms with Crippen LogP contribution in [0.2, 0.25) is 0 Å². The van der Waals surface area contributed by atoms with Gasteiger partial charge in [0.25, 0.3) is 5.91 Å². The zero-order valence-corrected chi connectivity index (χ0v) is 12.4. The topological polar surface area (TPSA) is 76.2 Å². The van der Waals surface area contributed by atoms with Crippen molar-refractivity contribution >= 4 is 17.3 Å². The van der Waals surface area contributed by atoms with Crippen LogP contribution in [-0.2, 0) is 7.05 Å². The highest BCUT2D eigenvalue weighted by molar-refractivity contribution is 5.96. The molecule has 0 saturated carbocycles. The molecule has 0 aliphatic rings. The average molecular weight is 287 g/mol. The van der Waals surface area contributed by atoms with Gasteiger partial charge in [0.1, 0.15) is 0 Å². The van der Waals surface area contributed by atoms with Crippen molar-refractivity contribution in [1.29, 1.82) is 0 Å². The minimum Gasteiger partial charge on any atom is -0.396 e. The van der Waals surface area contributed by atoms with E-state index in [2.05, 4.69) is 27.4 Å². The maximum Gasteiger partial charge on any atom is 0.273 e. The summed E-state index contributed by atoms with van der Waals surface area (Å²) in [4.78, 5) is 14.1. The first-order chi connectivity index (χ1) is 10.1. The molecule has 2 rings (SSSR count). The SMILES string of the molecule is CN(CCCNC(=O)c1nn(C)cc1N)c1ccccc1. The van der Waals surface area contributed by atoms with E-state index in [0.717, 1.165) is 18.7 Å². The minimum absolute atomic E-state index is 0.226. The number of nitrogen functional groups attached to an aromatic ring is 1. The molecule has 6 nitrogen and oxygen atoms in total. The van der Waals surface area contributed by atoms with Gasteiger partial charge in [0.15, 0.2) is 5.69 Å². The van der Waals surface area contributed by atoms with Gasteiger partial charge in [-0.25, -0.2) is 0 Å². The summed E-state index contributed by atoms with van der Waals surface area (Å²) in [5.41, 5.74) is 7.57. The molecular formula is C15H21N5O. The van der Waals surface area contributed by atoms with Crippen molar-refractivity contribution in [2.75, 3.05) is 30.8 Å². The number of nitrogens with zero attached hydrogens (tertiary/aromatic N) is 3. The highest BCUT2D eigenvalue weighted by Crippen LogP contribution is 2.11. The minimum atomic E-state index is -0.226. The molecule has 0 fully saturated rings. The number of aryl methyl sites for hydroxylation is 1. The van der Waals surface area contributed by atoms with Gasteiger partial charge in [-0.15, -0.1) is 0 Å². The number of nitrogens with one attached hydrogen (secondary N) is 1. The molecule has 0 saturated heterocycles. The number of carbonyl (C=O) groups excluding carboxylic acids is 1. The Hall–Kier alpha value is -2.50. The van der Waals surface area contributed by atoms with Crippen LogP contribution in [0.25, 0.3) is 0 Å². The summed E-state index contributed by atoms with van der Waals surface area (Å²) in [5.74, 6) is -0.226. The predicted molar refractivity (Wildman–Crippen MR) is 84.3 cm³/mol. The summed E-state index contributed by atoms with van der Waals surface area (Å²) in [5, 5.41) is 6.88. The lowest BCUT2D eigenvalue weighted by Gasteiger charge is -2.19. The van der Waals surface area contributed by atoms with E-state index in [-0.39, 0.29) is 11.6 Å². The van der Waals surface area contributed by atoms with Gasteiger partial charge in [-0.1, -0.05) is 18.2 Å². The number of aromatic nitrogens is 2. The first-order valence-electron chi connectivity index (χ1n) is 6.91. The Balaban J connectivity index is 1.75. The van der Waals surface area contributed by atoms with E-state index in [1.54, 1.807) is 13.2 Å². The molecule has 0 spiro atoms. The first kappa shape index (κ1) is 14.9. The van der Waals surface area contributed by atoms with E-state index < -0.39 is 0 Å². The molecule has 1 heterocycles. The van der Waals surface area contributed by atoms with Crippen molar-refractivity contribution in [2.45, 2.75) is 6.42 Å². The number of rotatable bonds is 6. The fraction of sp³-hybridized carbons (Fsp3) is 0.333. The monoisotopic (exact) mass is 287 g/mol. The largest absolute Gasteiger partial charge is 0.396 e. The smallest absolute Gasteiger partial charge is 0.273 e. The normalized spacial score (nSPS) is 10.4. The Morgan fingerprint density at radius 2 is 2.10 bits per heavy atom. The third-order valence-corrected chi connectivity index (χ3v) is 3.22. The number of anilines is 2. The maximum atomic E-state index is 11.9. The van der Waals surface area contributed by atoms with Crippen LogP contribution in [0.3, 0.4) is 0 Å². The van der Waals surface area contributed by atoms with Crippen molar-refractivity contribution in [3.8, 4) is 0 Å². The number of nitrogens with two attached hydrogens (primary N) is 1. The standard InChI is InChI=1S/C15H21N5O/c1-19(12-7-4-3-5-8-12)10-6-9-17-15(21)14-13(16)11-20(2)18-14/h3-5,7-8,11H,6,9-10,16H2,1-2H3,(H,17,21). The van der Waals surface area contributed by atoms with Crippen LogP contribution in [-0.4, -0.2) is 35.8 Å². The average Bonchev–Trinajstić information content (AvgIpc) is 2.83. The summed E-state index contributed by atoms with van der Waals surface area (Å²) in [6.07, 6.45) is 2.47. The lowest BCUT2D eigenvalue weighted by molar-refractivity contribution is 0.0948. The van der Waals surface area contributed by atoms with Gasteiger partial charge in [0, 0.05) is 39.1 Å². The number of amides is 1. The Morgan fingerprint density at radius 3 is 2.71 bits per heavy atom. The molecule has 21 heavy (non-hydrogen) atoms. The molecule has 0 atom stereocenters. The Kier molecular flexibility index (Phi) is 4.81. The van der Waals surface area contributed by atoms with Crippen LogP contribution in [0.1, 0.15) is 16.9 Å². The van der Waals surface area contributed by atoms with Gasteiger partial charge < -0.3 is 16.0 Å². The zero-order chi connectivity index (χ0) is 15.2. The highest BCUT2D eigenvalue weighted by Gasteiger charge is 2.13. The molecule has 1 aromatic carbocycles. The number of benzene rings is 1. The molecule has 0 radical (unpaired) electrons. The van der Waals surface area contributed by atoms with Crippen LogP contribution in [0.4, 0.5) is 11.4 Å². The molecule has 1 amide bonds. The second kappa shape index (κ2) is 6.78. The lowest BCUT2D eigenvalue weighted by atomic mass is 10.3. The quantitative estimate of drug-likeness (QED) is 0.784. The van der Waals surface area contributed by atoms with Crippen LogP contribution in [0.15, 0.2) is 36.5 Å². The van der Waals surface area contributed by atoms with Gasteiger partial charge in [0.05, 0.1) is 5.69 Å². The van der Waals surface area contributed by atoms with Crippen molar-refractivity contribution in [3.05, 3.63) is 42.2 Å². The second-order valence-electron chi connectivity index (χ2n) is 4.97. The van der Waals surface area contributed by atoms with Crippen LogP contribution in [0.5, 0.6) is 0 Å². The van der Waals surface area contributed by atoms with E-state index in [4.69, 9.17) is 5.73 Å². The third kappa shape index (κ3) is 3.98. The van der Waals surface area contributed by atoms with Crippen LogP contribution in [0, 0.1) is 0 Å². The summed E-state index contributed by atoms with van der Waals surface area (Å²) in [7, 11) is 3.77. The third-order valence-electron chi connectivity index (χ3n) is 3.22. The Bertz CT molecular complexity index is 593. The molecule has 0 bridgehead atoms. The molecule has 0 aliphatic carbocycles. The second-order valence-corrected chi connectivity index (χ2v) is 4.97. The van der Waals surface area contributed by atoms with Crippen LogP contribution >= 0.6 is 0 Å².